The Hall–Kier alpha value is -3.50. The monoisotopic (exact) mass is 443 g/mol. The van der Waals surface area contributed by atoms with Crippen LogP contribution in [0.1, 0.15) is 17.0 Å². The number of anilines is 1. The molecule has 1 aromatic heterocycles. The Morgan fingerprint density at radius 1 is 0.969 bits per heavy atom. The van der Waals surface area contributed by atoms with E-state index in [-0.39, 0.29) is 0 Å². The molecule has 0 fully saturated rings. The largest absolute Gasteiger partial charge is 0.439 e. The summed E-state index contributed by atoms with van der Waals surface area (Å²) in [6, 6.07) is 12.4. The molecule has 0 amide bonds. The third-order valence-electron chi connectivity index (χ3n) is 5.80. The van der Waals surface area contributed by atoms with Gasteiger partial charge in [-0.3, -0.25) is 0 Å². The average Bonchev–Trinajstić information content (AvgIpc) is 3.38. The number of hydrogen-bond acceptors (Lipinski definition) is 3. The minimum Gasteiger partial charge on any atom is -0.439 e. The second-order valence-electron chi connectivity index (χ2n) is 8.17. The summed E-state index contributed by atoms with van der Waals surface area (Å²) in [6.45, 7) is 4.12. The van der Waals surface area contributed by atoms with E-state index in [4.69, 9.17) is 20.8 Å². The highest BCUT2D eigenvalue weighted by Crippen LogP contribution is 2.38. The van der Waals surface area contributed by atoms with E-state index in [2.05, 4.69) is 38.1 Å². The molecule has 3 aromatic rings. The van der Waals surface area contributed by atoms with E-state index in [1.807, 2.05) is 72.2 Å². The highest BCUT2D eigenvalue weighted by Gasteiger charge is 2.22. The van der Waals surface area contributed by atoms with Crippen molar-refractivity contribution in [3.63, 3.8) is 0 Å². The van der Waals surface area contributed by atoms with E-state index in [9.17, 15) is 0 Å². The third kappa shape index (κ3) is 3.57. The zero-order valence-corrected chi connectivity index (χ0v) is 19.3. The molecule has 0 radical (unpaired) electrons. The summed E-state index contributed by atoms with van der Waals surface area (Å²) in [6.07, 6.45) is 11.9. The topological polar surface area (TPSA) is 29.5 Å². The normalized spacial score (nSPS) is 18.1. The molecule has 0 N–H and O–H groups in total. The molecule has 2 aliphatic rings. The van der Waals surface area contributed by atoms with Gasteiger partial charge in [0, 0.05) is 13.1 Å². The molecule has 5 rings (SSSR count). The summed E-state index contributed by atoms with van der Waals surface area (Å²) in [5.41, 5.74) is 7.21. The van der Waals surface area contributed by atoms with Gasteiger partial charge in [0.25, 0.3) is 5.52 Å². The van der Waals surface area contributed by atoms with Crippen LogP contribution in [0, 0.1) is 13.8 Å². The third-order valence-corrected chi connectivity index (χ3v) is 6.24. The molecule has 160 valence electrons. The first kappa shape index (κ1) is 20.4. The Morgan fingerprint density at radius 2 is 1.75 bits per heavy atom. The maximum Gasteiger partial charge on any atom is 0.373 e. The summed E-state index contributed by atoms with van der Waals surface area (Å²) in [5, 5.41) is 0.696. The molecule has 2 heterocycles. The number of halogens is 1. The molecule has 1 aliphatic heterocycles. The van der Waals surface area contributed by atoms with Crippen molar-refractivity contribution in [2.24, 2.45) is 7.05 Å². The lowest BCUT2D eigenvalue weighted by Gasteiger charge is -2.10. The van der Waals surface area contributed by atoms with Crippen LogP contribution in [0.4, 0.5) is 5.69 Å². The summed E-state index contributed by atoms with van der Waals surface area (Å²) in [7, 11) is 3.99. The summed E-state index contributed by atoms with van der Waals surface area (Å²) < 4.78 is 14.0. The Labute approximate surface area is 192 Å². The number of fused-ring (bicyclic) bond motifs is 2. The van der Waals surface area contributed by atoms with Crippen molar-refractivity contribution in [1.82, 2.24) is 0 Å². The van der Waals surface area contributed by atoms with Gasteiger partial charge in [0.1, 0.15) is 7.05 Å². The van der Waals surface area contributed by atoms with Gasteiger partial charge in [0.2, 0.25) is 5.58 Å². The summed E-state index contributed by atoms with van der Waals surface area (Å²) >= 11 is 6.66. The van der Waals surface area contributed by atoms with Gasteiger partial charge in [0.05, 0.1) is 16.8 Å². The van der Waals surface area contributed by atoms with Crippen LogP contribution in [0.5, 0.6) is 5.75 Å². The lowest BCUT2D eigenvalue weighted by Crippen LogP contribution is -2.29. The Kier molecular flexibility index (Phi) is 5.03. The number of nitrogens with zero attached hydrogens (tertiary/aromatic N) is 2. The molecule has 1 aliphatic carbocycles. The fourth-order valence-electron chi connectivity index (χ4n) is 3.92. The fraction of sp³-hybridized carbons (Fsp3) is 0.148. The SMILES string of the molecule is Cc1ccc2c(c1)O/C(=C\C=C1/C=CC(/C=C/c3oc4cc(C)ccc4[n+]3C)=C1Cl)N2C. The second kappa shape index (κ2) is 7.88. The predicted molar refractivity (Wildman–Crippen MR) is 130 cm³/mol. The van der Waals surface area contributed by atoms with Gasteiger partial charge >= 0.3 is 5.89 Å². The summed E-state index contributed by atoms with van der Waals surface area (Å²) in [5.74, 6) is 2.41. The summed E-state index contributed by atoms with van der Waals surface area (Å²) in [4.78, 5) is 2.03. The first-order valence-electron chi connectivity index (χ1n) is 10.5. The first-order chi connectivity index (χ1) is 15.4. The number of ether oxygens (including phenoxy) is 1. The minimum absolute atomic E-state index is 0.696. The van der Waals surface area contributed by atoms with Crippen molar-refractivity contribution in [1.29, 1.82) is 0 Å². The lowest BCUT2D eigenvalue weighted by molar-refractivity contribution is -0.652. The van der Waals surface area contributed by atoms with Gasteiger partial charge in [-0.15, -0.1) is 0 Å². The van der Waals surface area contributed by atoms with Gasteiger partial charge in [-0.1, -0.05) is 35.9 Å². The van der Waals surface area contributed by atoms with Gasteiger partial charge in [0.15, 0.2) is 11.6 Å². The van der Waals surface area contributed by atoms with Crippen LogP contribution >= 0.6 is 11.6 Å². The number of benzene rings is 2. The second-order valence-corrected chi connectivity index (χ2v) is 8.54. The molecular weight excluding hydrogens is 420 g/mol. The standard InChI is InChI=1S/C27H24ClN2O2/c1-17-5-11-21-23(15-17)31-25(29(21)3)13-9-19-7-8-20(27(19)28)10-14-26-30(4)22-12-6-18(2)16-24(22)32-26/h5-16H,1-4H3/q+1. The van der Waals surface area contributed by atoms with Crippen molar-refractivity contribution in [3.05, 3.63) is 106 Å². The highest BCUT2D eigenvalue weighted by atomic mass is 35.5. The van der Waals surface area contributed by atoms with Crippen molar-refractivity contribution in [2.45, 2.75) is 13.8 Å². The van der Waals surface area contributed by atoms with Gasteiger partial charge in [-0.2, -0.15) is 4.57 Å². The van der Waals surface area contributed by atoms with Crippen LogP contribution < -0.4 is 14.2 Å². The molecule has 0 unspecified atom stereocenters. The van der Waals surface area contributed by atoms with Crippen LogP contribution in [0.3, 0.4) is 0 Å². The highest BCUT2D eigenvalue weighted by molar-refractivity contribution is 6.33. The van der Waals surface area contributed by atoms with Crippen molar-refractivity contribution in [3.8, 4) is 5.75 Å². The molecular formula is C27H24ClN2O2+. The number of aromatic nitrogens is 1. The molecule has 4 nitrogen and oxygen atoms in total. The van der Waals surface area contributed by atoms with E-state index in [0.717, 1.165) is 45.5 Å². The van der Waals surface area contributed by atoms with E-state index in [1.165, 1.54) is 11.1 Å². The molecule has 0 spiro atoms. The van der Waals surface area contributed by atoms with Crippen LogP contribution in [-0.4, -0.2) is 7.05 Å². The predicted octanol–water partition coefficient (Wildman–Crippen LogP) is 6.25. The van der Waals surface area contributed by atoms with Crippen LogP contribution in [0.25, 0.3) is 17.2 Å². The van der Waals surface area contributed by atoms with E-state index < -0.39 is 0 Å². The zero-order valence-electron chi connectivity index (χ0n) is 18.5. The Morgan fingerprint density at radius 3 is 2.59 bits per heavy atom. The van der Waals surface area contributed by atoms with E-state index in [1.54, 1.807) is 0 Å². The molecule has 2 aromatic carbocycles. The van der Waals surface area contributed by atoms with Crippen molar-refractivity contribution < 1.29 is 13.7 Å². The number of rotatable bonds is 3. The zero-order chi connectivity index (χ0) is 22.4. The maximum absolute atomic E-state index is 6.66. The molecule has 32 heavy (non-hydrogen) atoms. The number of oxazole rings is 1. The molecule has 0 bridgehead atoms. The van der Waals surface area contributed by atoms with Crippen LogP contribution in [-0.2, 0) is 7.05 Å². The fourth-order valence-corrected chi connectivity index (χ4v) is 4.18. The molecule has 0 atom stereocenters. The molecule has 5 heteroatoms. The van der Waals surface area contributed by atoms with E-state index >= 15 is 0 Å². The van der Waals surface area contributed by atoms with Gasteiger partial charge < -0.3 is 14.1 Å². The average molecular weight is 444 g/mol. The Bertz CT molecular complexity index is 1400. The maximum atomic E-state index is 6.66. The molecule has 0 saturated carbocycles. The Balaban J connectivity index is 1.38. The van der Waals surface area contributed by atoms with Crippen molar-refractivity contribution in [2.75, 3.05) is 11.9 Å². The quantitative estimate of drug-likeness (QED) is 0.448. The number of allylic oxidation sites excluding steroid dienone is 8. The first-order valence-corrected chi connectivity index (χ1v) is 10.9. The number of aryl methyl sites for hydroxylation is 3. The lowest BCUT2D eigenvalue weighted by atomic mass is 10.2. The van der Waals surface area contributed by atoms with Crippen molar-refractivity contribution >= 4 is 34.5 Å². The van der Waals surface area contributed by atoms with Gasteiger partial charge in [-0.05, 0) is 72.5 Å². The van der Waals surface area contributed by atoms with Crippen LogP contribution in [0.15, 0.2) is 93.3 Å². The van der Waals surface area contributed by atoms with E-state index in [0.29, 0.717) is 5.03 Å². The minimum atomic E-state index is 0.696. The molecule has 0 saturated heterocycles. The smallest absolute Gasteiger partial charge is 0.373 e. The van der Waals surface area contributed by atoms with Gasteiger partial charge in [-0.25, -0.2) is 0 Å². The van der Waals surface area contributed by atoms with Crippen LogP contribution in [0.2, 0.25) is 0 Å². The number of hydrogen-bond donors (Lipinski definition) is 0.